The van der Waals surface area contributed by atoms with Crippen molar-refractivity contribution in [3.05, 3.63) is 35.9 Å². The number of hydrogen-bond acceptors (Lipinski definition) is 10. The van der Waals surface area contributed by atoms with Crippen LogP contribution in [0.15, 0.2) is 30.3 Å². The van der Waals surface area contributed by atoms with E-state index < -0.39 is 29.9 Å². The van der Waals surface area contributed by atoms with Gasteiger partial charge in [0.25, 0.3) is 11.9 Å². The van der Waals surface area contributed by atoms with Crippen molar-refractivity contribution in [3.63, 3.8) is 0 Å². The minimum atomic E-state index is -1.17. The van der Waals surface area contributed by atoms with Gasteiger partial charge in [-0.15, -0.1) is 0 Å². The van der Waals surface area contributed by atoms with Gasteiger partial charge in [-0.1, -0.05) is 74.7 Å². The molecule has 0 radical (unpaired) electrons. The van der Waals surface area contributed by atoms with Crippen LogP contribution in [0.25, 0.3) is 0 Å². The number of hydrazine groups is 2. The smallest absolute Gasteiger partial charge is 0.320 e. The Morgan fingerprint density at radius 2 is 1.43 bits per heavy atom. The van der Waals surface area contributed by atoms with Crippen LogP contribution < -0.4 is 22.5 Å². The van der Waals surface area contributed by atoms with Crippen LogP contribution in [0.5, 0.6) is 0 Å². The Hall–Kier alpha value is -3.22. The first-order valence-corrected chi connectivity index (χ1v) is 11.5. The van der Waals surface area contributed by atoms with Crippen molar-refractivity contribution in [2.24, 2.45) is 11.6 Å². The maximum atomic E-state index is 9.99. The summed E-state index contributed by atoms with van der Waals surface area (Å²) >= 11 is 3.09. The van der Waals surface area contributed by atoms with Crippen molar-refractivity contribution >= 4 is 36.5 Å². The molecule has 37 heavy (non-hydrogen) atoms. The zero-order chi connectivity index (χ0) is 30.1. The van der Waals surface area contributed by atoms with Crippen molar-refractivity contribution in [2.75, 3.05) is 6.54 Å². The van der Waals surface area contributed by atoms with Gasteiger partial charge in [-0.25, -0.2) is 5.43 Å². The van der Waals surface area contributed by atoms with E-state index in [1.54, 1.807) is 0 Å². The third-order valence-electron chi connectivity index (χ3n) is 3.18. The summed E-state index contributed by atoms with van der Waals surface area (Å²) in [5.41, 5.74) is 11.6. The second-order valence-corrected chi connectivity index (χ2v) is 7.00. The summed E-state index contributed by atoms with van der Waals surface area (Å²) < 4.78 is 0. The molecule has 0 bridgehead atoms. The van der Waals surface area contributed by atoms with E-state index in [0.29, 0.717) is 0 Å². The second kappa shape index (κ2) is 37.3. The summed E-state index contributed by atoms with van der Waals surface area (Å²) in [6, 6.07) is 9.20. The van der Waals surface area contributed by atoms with Crippen molar-refractivity contribution in [2.45, 2.75) is 72.3 Å². The van der Waals surface area contributed by atoms with E-state index in [1.165, 1.54) is 36.6 Å². The number of nitrogens with one attached hydrogen (secondary N) is 2. The number of nitriles is 1. The van der Waals surface area contributed by atoms with Crippen LogP contribution in [0, 0.1) is 17.6 Å². The van der Waals surface area contributed by atoms with Gasteiger partial charge >= 0.3 is 11.9 Å². The minimum Gasteiger partial charge on any atom is -0.481 e. The van der Waals surface area contributed by atoms with E-state index in [0.717, 1.165) is 20.4 Å². The lowest BCUT2D eigenvalue weighted by Gasteiger charge is -2.01. The SMILES string of the molecule is CC(=O)O.CC(=O)O.CCCCCCNNN.Cc1ccccc1.N#CS.NC(CCC(=O)O)C(=O)O. The number of aryl methyl sites for hydroxylation is 1. The number of carbonyl (C=O) groups is 4. The average molecular weight is 550 g/mol. The molecule has 0 fully saturated rings. The largest absolute Gasteiger partial charge is 0.481 e. The second-order valence-electron chi connectivity index (χ2n) is 6.80. The van der Waals surface area contributed by atoms with Crippen LogP contribution in [0.1, 0.15) is 64.9 Å². The van der Waals surface area contributed by atoms with Gasteiger partial charge in [0, 0.05) is 26.8 Å². The lowest BCUT2D eigenvalue weighted by Crippen LogP contribution is -2.38. The zero-order valence-corrected chi connectivity index (χ0v) is 22.8. The van der Waals surface area contributed by atoms with E-state index in [4.69, 9.17) is 46.9 Å². The third kappa shape index (κ3) is 79.4. The number of nitrogens with zero attached hydrogens (tertiary/aromatic N) is 1. The molecule has 1 rings (SSSR count). The summed E-state index contributed by atoms with van der Waals surface area (Å²) in [7, 11) is 0. The fourth-order valence-corrected chi connectivity index (χ4v) is 1.65. The molecule has 14 heteroatoms. The molecule has 214 valence electrons. The van der Waals surface area contributed by atoms with Gasteiger partial charge in [0.2, 0.25) is 0 Å². The molecule has 1 aromatic rings. The maximum Gasteiger partial charge on any atom is 0.320 e. The van der Waals surface area contributed by atoms with Crippen LogP contribution in [-0.2, 0) is 19.2 Å². The van der Waals surface area contributed by atoms with E-state index in [-0.39, 0.29) is 12.8 Å². The highest BCUT2D eigenvalue weighted by Crippen LogP contribution is 1.96. The number of unbranched alkanes of at least 4 members (excludes halogenated alkanes) is 3. The first-order chi connectivity index (χ1) is 17.2. The highest BCUT2D eigenvalue weighted by Gasteiger charge is 2.12. The van der Waals surface area contributed by atoms with Crippen LogP contribution in [0.4, 0.5) is 0 Å². The molecule has 13 nitrogen and oxygen atoms in total. The first kappa shape index (κ1) is 43.8. The topological polar surface area (TPSA) is 249 Å². The van der Waals surface area contributed by atoms with E-state index in [1.807, 2.05) is 18.2 Å². The number of thiocyanates is 1. The predicted molar refractivity (Wildman–Crippen MR) is 144 cm³/mol. The van der Waals surface area contributed by atoms with Crippen LogP contribution in [0.3, 0.4) is 0 Å². The molecular formula is C23H43N5O8S. The molecular weight excluding hydrogens is 506 g/mol. The minimum absolute atomic E-state index is 0.0231. The highest BCUT2D eigenvalue weighted by molar-refractivity contribution is 7.85. The van der Waals surface area contributed by atoms with Crippen molar-refractivity contribution in [1.82, 2.24) is 11.0 Å². The molecule has 0 saturated heterocycles. The average Bonchev–Trinajstić information content (AvgIpc) is 2.78. The summed E-state index contributed by atoms with van der Waals surface area (Å²) in [6.45, 7) is 7.42. The lowest BCUT2D eigenvalue weighted by atomic mass is 10.2. The fourth-order valence-electron chi connectivity index (χ4n) is 1.65. The van der Waals surface area contributed by atoms with Crippen molar-refractivity contribution in [3.8, 4) is 5.40 Å². The number of hydrogen-bond donors (Lipinski definition) is 9. The van der Waals surface area contributed by atoms with Gasteiger partial charge < -0.3 is 26.2 Å². The van der Waals surface area contributed by atoms with E-state index in [2.05, 4.69) is 49.6 Å². The molecule has 0 aliphatic heterocycles. The van der Waals surface area contributed by atoms with Crippen LogP contribution >= 0.6 is 12.6 Å². The molecule has 0 saturated carbocycles. The summed E-state index contributed by atoms with van der Waals surface area (Å²) in [6.07, 6.45) is 4.89. The Bertz CT molecular complexity index is 693. The van der Waals surface area contributed by atoms with Crippen LogP contribution in [0.2, 0.25) is 0 Å². The molecule has 0 aliphatic rings. The molecule has 1 unspecified atom stereocenters. The van der Waals surface area contributed by atoms with Gasteiger partial charge in [0.1, 0.15) is 11.4 Å². The van der Waals surface area contributed by atoms with Gasteiger partial charge in [-0.2, -0.15) is 10.8 Å². The van der Waals surface area contributed by atoms with Gasteiger partial charge in [0.15, 0.2) is 0 Å². The number of rotatable bonds is 10. The zero-order valence-electron chi connectivity index (χ0n) is 21.9. The quantitative estimate of drug-likeness (QED) is 0.0669. The molecule has 0 heterocycles. The Balaban J connectivity index is -0.000000117. The molecule has 1 atom stereocenters. The predicted octanol–water partition coefficient (Wildman–Crippen LogP) is 2.37. The Labute approximate surface area is 224 Å². The summed E-state index contributed by atoms with van der Waals surface area (Å²) in [4.78, 5) is 37.9. The van der Waals surface area contributed by atoms with Crippen molar-refractivity contribution in [1.29, 1.82) is 5.26 Å². The maximum absolute atomic E-state index is 9.99. The molecule has 1 aromatic carbocycles. The molecule has 0 amide bonds. The Kier molecular flexibility index (Phi) is 44.2. The Morgan fingerprint density at radius 1 is 1.00 bits per heavy atom. The summed E-state index contributed by atoms with van der Waals surface area (Å²) in [5.74, 6) is 1.12. The number of nitrogens with two attached hydrogens (primary N) is 2. The number of carboxylic acid groups (broad SMARTS) is 4. The molecule has 0 spiro atoms. The number of benzene rings is 1. The monoisotopic (exact) mass is 549 g/mol. The lowest BCUT2D eigenvalue weighted by molar-refractivity contribution is -0.140. The van der Waals surface area contributed by atoms with E-state index in [9.17, 15) is 9.59 Å². The normalized spacial score (nSPS) is 9.03. The standard InChI is InChI=1S/C7H8.C6H17N3.C5H9NO4.2C2H4O2.CHNS/c1-7-5-3-2-4-6-7;1-2-3-4-5-6-8-9-7;6-3(5(9)10)1-2-4(7)8;2*1-2(3)4;2-1-3/h2-6H,1H3;8-9H,2-7H2,1H3;3H,1-2,6H2,(H,7,8)(H,9,10);2*1H3,(H,3,4);3H. The summed E-state index contributed by atoms with van der Waals surface area (Å²) in [5, 5.41) is 39.7. The fraction of sp³-hybridized carbons (Fsp3) is 0.522. The third-order valence-corrected chi connectivity index (χ3v) is 3.18. The van der Waals surface area contributed by atoms with Crippen molar-refractivity contribution < 1.29 is 39.6 Å². The van der Waals surface area contributed by atoms with Gasteiger partial charge in [-0.05, 0) is 19.8 Å². The van der Waals surface area contributed by atoms with Gasteiger partial charge in [0.05, 0.1) is 0 Å². The number of thiol groups is 1. The molecule has 0 aromatic heterocycles. The van der Waals surface area contributed by atoms with E-state index >= 15 is 0 Å². The van der Waals surface area contributed by atoms with Gasteiger partial charge in [-0.3, -0.25) is 25.0 Å². The number of carboxylic acids is 4. The van der Waals surface area contributed by atoms with Crippen LogP contribution in [-0.4, -0.2) is 56.9 Å². The molecule has 0 aliphatic carbocycles. The first-order valence-electron chi connectivity index (χ1n) is 11.1. The highest BCUT2D eigenvalue weighted by atomic mass is 32.1. The Morgan fingerprint density at radius 3 is 1.70 bits per heavy atom. The number of aliphatic carboxylic acids is 4. The molecule has 10 N–H and O–H groups in total.